The molecule has 0 saturated carbocycles. The number of esters is 1. The van der Waals surface area contributed by atoms with Crippen molar-refractivity contribution >= 4 is 5.97 Å². The molecule has 3 atom stereocenters. The Kier molecular flexibility index (Phi) is 5.75. The maximum atomic E-state index is 12.7. The third-order valence-electron chi connectivity index (χ3n) is 5.40. The van der Waals surface area contributed by atoms with E-state index in [-0.39, 0.29) is 11.9 Å². The van der Waals surface area contributed by atoms with Gasteiger partial charge < -0.3 is 24.3 Å². The molecule has 0 aromatic heterocycles. The summed E-state index contributed by atoms with van der Waals surface area (Å²) in [4.78, 5) is 12.7. The van der Waals surface area contributed by atoms with Gasteiger partial charge in [0.15, 0.2) is 0 Å². The lowest BCUT2D eigenvalue weighted by Gasteiger charge is -2.48. The molecule has 0 bridgehead atoms. The van der Waals surface area contributed by atoms with Gasteiger partial charge in [-0.1, -0.05) is 12.1 Å². The molecule has 1 aromatic rings. The van der Waals surface area contributed by atoms with Crippen molar-refractivity contribution in [3.8, 4) is 5.75 Å². The Bertz CT molecular complexity index is 757. The summed E-state index contributed by atoms with van der Waals surface area (Å²) in [6.07, 6.45) is 4.73. The van der Waals surface area contributed by atoms with Crippen LogP contribution in [0.2, 0.25) is 0 Å². The summed E-state index contributed by atoms with van der Waals surface area (Å²) in [5, 5.41) is 3.33. The third-order valence-corrected chi connectivity index (χ3v) is 5.40. The van der Waals surface area contributed by atoms with Crippen molar-refractivity contribution in [3.63, 3.8) is 0 Å². The number of methoxy groups -OCH3 is 3. The second kappa shape index (κ2) is 8.05. The van der Waals surface area contributed by atoms with Crippen LogP contribution in [-0.4, -0.2) is 46.5 Å². The lowest BCUT2D eigenvalue weighted by Crippen LogP contribution is -2.59. The van der Waals surface area contributed by atoms with E-state index in [2.05, 4.69) is 17.5 Å². The van der Waals surface area contributed by atoms with Crippen LogP contribution in [0, 0.1) is 5.92 Å². The van der Waals surface area contributed by atoms with Gasteiger partial charge in [0, 0.05) is 11.5 Å². The molecule has 146 valence electrons. The zero-order valence-corrected chi connectivity index (χ0v) is 16.3. The fourth-order valence-corrected chi connectivity index (χ4v) is 4.19. The van der Waals surface area contributed by atoms with Gasteiger partial charge in [-0.05, 0) is 43.7 Å². The average Bonchev–Trinajstić information content (AvgIpc) is 2.72. The summed E-state index contributed by atoms with van der Waals surface area (Å²) >= 11 is 0. The molecular formula is C21H27NO5. The van der Waals surface area contributed by atoms with Gasteiger partial charge in [-0.2, -0.15) is 0 Å². The number of allylic oxidation sites excluding steroid dienone is 2. The van der Waals surface area contributed by atoms with Gasteiger partial charge in [-0.25, -0.2) is 0 Å². The lowest BCUT2D eigenvalue weighted by molar-refractivity contribution is -0.148. The molecule has 1 heterocycles. The van der Waals surface area contributed by atoms with Gasteiger partial charge in [-0.3, -0.25) is 4.79 Å². The van der Waals surface area contributed by atoms with E-state index >= 15 is 0 Å². The van der Waals surface area contributed by atoms with Crippen LogP contribution in [0.25, 0.3) is 0 Å². The van der Waals surface area contributed by atoms with Gasteiger partial charge in [0.2, 0.25) is 0 Å². The predicted octanol–water partition coefficient (Wildman–Crippen LogP) is 2.55. The summed E-state index contributed by atoms with van der Waals surface area (Å²) in [7, 11) is 4.91. The minimum atomic E-state index is -0.509. The van der Waals surface area contributed by atoms with Crippen LogP contribution in [0.4, 0.5) is 0 Å². The summed E-state index contributed by atoms with van der Waals surface area (Å²) in [6, 6.07) is 7.45. The van der Waals surface area contributed by atoms with Crippen molar-refractivity contribution in [2.24, 2.45) is 5.92 Å². The molecule has 6 heteroatoms. The smallest absolute Gasteiger partial charge is 0.323 e. The first kappa shape index (κ1) is 19.3. The number of benzene rings is 1. The third kappa shape index (κ3) is 3.41. The zero-order valence-electron chi connectivity index (χ0n) is 16.3. The number of carbonyl (C=O) groups is 1. The van der Waals surface area contributed by atoms with Gasteiger partial charge >= 0.3 is 5.97 Å². The van der Waals surface area contributed by atoms with Crippen LogP contribution in [0.1, 0.15) is 18.9 Å². The van der Waals surface area contributed by atoms with Gasteiger partial charge in [0.05, 0.1) is 33.9 Å². The van der Waals surface area contributed by atoms with E-state index in [4.69, 9.17) is 18.9 Å². The van der Waals surface area contributed by atoms with E-state index in [1.807, 2.05) is 31.2 Å². The van der Waals surface area contributed by atoms with Crippen molar-refractivity contribution in [2.75, 3.05) is 34.5 Å². The van der Waals surface area contributed by atoms with E-state index in [9.17, 15) is 4.79 Å². The summed E-state index contributed by atoms with van der Waals surface area (Å²) in [6.45, 7) is 2.82. The molecule has 27 heavy (non-hydrogen) atoms. The van der Waals surface area contributed by atoms with Crippen LogP contribution in [-0.2, 0) is 24.4 Å². The number of rotatable bonds is 6. The van der Waals surface area contributed by atoms with Gasteiger partial charge in [-0.15, -0.1) is 0 Å². The molecule has 0 unspecified atom stereocenters. The number of hydrogen-bond donors (Lipinski definition) is 1. The molecule has 1 aromatic carbocycles. The maximum Gasteiger partial charge on any atom is 0.323 e. The molecule has 1 saturated heterocycles. The highest BCUT2D eigenvalue weighted by Crippen LogP contribution is 2.49. The minimum absolute atomic E-state index is 0.249. The van der Waals surface area contributed by atoms with Crippen molar-refractivity contribution in [1.29, 1.82) is 0 Å². The summed E-state index contributed by atoms with van der Waals surface area (Å²) in [5.74, 6) is 1.67. The Morgan fingerprint density at radius 1 is 1.22 bits per heavy atom. The number of carbonyl (C=O) groups excluding carboxylic acids is 1. The highest BCUT2D eigenvalue weighted by molar-refractivity contribution is 5.78. The molecular weight excluding hydrogens is 346 g/mol. The summed E-state index contributed by atoms with van der Waals surface area (Å²) in [5.41, 5.74) is 0.586. The quantitative estimate of drug-likeness (QED) is 0.773. The highest BCUT2D eigenvalue weighted by Gasteiger charge is 2.53. The van der Waals surface area contributed by atoms with E-state index in [0.29, 0.717) is 18.9 Å². The van der Waals surface area contributed by atoms with Gasteiger partial charge in [0.1, 0.15) is 23.3 Å². The fourth-order valence-electron chi connectivity index (χ4n) is 4.19. The van der Waals surface area contributed by atoms with Gasteiger partial charge in [0.25, 0.3) is 0 Å². The van der Waals surface area contributed by atoms with Crippen LogP contribution in [0.5, 0.6) is 5.75 Å². The van der Waals surface area contributed by atoms with Crippen molar-refractivity contribution in [2.45, 2.75) is 24.8 Å². The molecule has 6 nitrogen and oxygen atoms in total. The van der Waals surface area contributed by atoms with Crippen LogP contribution in [0.15, 0.2) is 47.9 Å². The zero-order chi connectivity index (χ0) is 19.4. The van der Waals surface area contributed by atoms with E-state index in [1.54, 1.807) is 21.3 Å². The number of ether oxygens (including phenoxy) is 4. The van der Waals surface area contributed by atoms with Crippen molar-refractivity contribution < 1.29 is 23.7 Å². The van der Waals surface area contributed by atoms with E-state index in [0.717, 1.165) is 23.5 Å². The second-order valence-electron chi connectivity index (χ2n) is 6.69. The molecule has 0 radical (unpaired) electrons. The average molecular weight is 373 g/mol. The monoisotopic (exact) mass is 373 g/mol. The summed E-state index contributed by atoms with van der Waals surface area (Å²) < 4.78 is 22.0. The molecule has 1 aliphatic heterocycles. The Labute approximate surface area is 160 Å². The maximum absolute atomic E-state index is 12.7. The van der Waals surface area contributed by atoms with Crippen molar-refractivity contribution in [3.05, 3.63) is 53.5 Å². The SMILES string of the molecule is CCOC(=O)[C@@H]1NCC[C@@]2(c3cccc(OC)c3)C=C(OC)C=C(OC)[C@@H]12. The first-order valence-corrected chi connectivity index (χ1v) is 9.16. The molecule has 1 N–H and O–H groups in total. The Morgan fingerprint density at radius 2 is 2.04 bits per heavy atom. The molecule has 0 spiro atoms. The normalized spacial score (nSPS) is 27.0. The van der Waals surface area contributed by atoms with Crippen LogP contribution in [0.3, 0.4) is 0 Å². The number of fused-ring (bicyclic) bond motifs is 1. The Balaban J connectivity index is 2.17. The Morgan fingerprint density at radius 3 is 2.70 bits per heavy atom. The van der Waals surface area contributed by atoms with E-state index < -0.39 is 11.5 Å². The standard InChI is InChI=1S/C21H27NO5/c1-5-27-20(23)19-18-17(26-4)12-16(25-3)13-21(18,9-10-22-19)14-7-6-8-15(11-14)24-2/h6-8,11-13,18-19,22H,5,9-10H2,1-4H3/t18-,19+,21-/m0/s1. The predicted molar refractivity (Wildman–Crippen MR) is 101 cm³/mol. The Hall–Kier alpha value is -2.47. The number of piperidine rings is 1. The number of nitrogens with one attached hydrogen (secondary N) is 1. The minimum Gasteiger partial charge on any atom is -0.501 e. The van der Waals surface area contributed by atoms with Crippen LogP contribution >= 0.6 is 0 Å². The fraction of sp³-hybridized carbons (Fsp3) is 0.476. The molecule has 2 aliphatic rings. The first-order chi connectivity index (χ1) is 13.1. The second-order valence-corrected chi connectivity index (χ2v) is 6.69. The lowest BCUT2D eigenvalue weighted by atomic mass is 9.60. The molecule has 1 fully saturated rings. The van der Waals surface area contributed by atoms with Crippen molar-refractivity contribution in [1.82, 2.24) is 5.32 Å². The van der Waals surface area contributed by atoms with E-state index in [1.165, 1.54) is 0 Å². The largest absolute Gasteiger partial charge is 0.501 e. The highest BCUT2D eigenvalue weighted by atomic mass is 16.5. The first-order valence-electron chi connectivity index (χ1n) is 9.16. The number of hydrogen-bond acceptors (Lipinski definition) is 6. The van der Waals surface area contributed by atoms with Crippen LogP contribution < -0.4 is 10.1 Å². The molecule has 3 rings (SSSR count). The molecule has 0 amide bonds. The molecule has 1 aliphatic carbocycles. The topological polar surface area (TPSA) is 66.0 Å².